The molecule has 0 unspecified atom stereocenters. The molecular formula is C15H22ClN3O2. The van der Waals surface area contributed by atoms with Crippen LogP contribution in [0.25, 0.3) is 0 Å². The average molecular weight is 312 g/mol. The third-order valence-electron chi connectivity index (χ3n) is 3.69. The predicted octanol–water partition coefficient (Wildman–Crippen LogP) is 1.93. The number of carbonyl (C=O) groups excluding carboxylic acids is 2. The number of hydrogen-bond donors (Lipinski definition) is 3. The van der Waals surface area contributed by atoms with E-state index in [4.69, 9.17) is 5.73 Å². The number of benzene rings is 1. The molecule has 4 N–H and O–H groups in total. The summed E-state index contributed by atoms with van der Waals surface area (Å²) in [6.45, 7) is 2.11. The molecule has 0 radical (unpaired) electrons. The summed E-state index contributed by atoms with van der Waals surface area (Å²) >= 11 is 0. The lowest BCUT2D eigenvalue weighted by Gasteiger charge is -2.22. The lowest BCUT2D eigenvalue weighted by molar-refractivity contribution is -0.116. The maximum absolute atomic E-state index is 11.9. The Morgan fingerprint density at radius 1 is 1.19 bits per heavy atom. The molecule has 1 aromatic carbocycles. The Morgan fingerprint density at radius 3 is 2.38 bits per heavy atom. The summed E-state index contributed by atoms with van der Waals surface area (Å²) in [5.41, 5.74) is 6.31. The van der Waals surface area contributed by atoms with Crippen LogP contribution >= 0.6 is 12.4 Å². The van der Waals surface area contributed by atoms with Gasteiger partial charge in [0.25, 0.3) is 0 Å². The van der Waals surface area contributed by atoms with Crippen molar-refractivity contribution in [2.75, 3.05) is 18.4 Å². The Morgan fingerprint density at radius 2 is 1.81 bits per heavy atom. The number of anilines is 1. The minimum Gasteiger partial charge on any atom is -0.366 e. The van der Waals surface area contributed by atoms with Crippen LogP contribution in [-0.4, -0.2) is 24.9 Å². The first-order valence-electron chi connectivity index (χ1n) is 7.05. The van der Waals surface area contributed by atoms with Crippen molar-refractivity contribution in [3.05, 3.63) is 29.8 Å². The highest BCUT2D eigenvalue weighted by atomic mass is 35.5. The predicted molar refractivity (Wildman–Crippen MR) is 85.7 cm³/mol. The normalized spacial score (nSPS) is 15.0. The average Bonchev–Trinajstić information content (AvgIpc) is 2.47. The van der Waals surface area contributed by atoms with Gasteiger partial charge < -0.3 is 16.4 Å². The molecule has 1 heterocycles. The van der Waals surface area contributed by atoms with Crippen LogP contribution in [0.5, 0.6) is 0 Å². The SMILES string of the molecule is Cl.NC(=O)c1ccc(NC(=O)CCC2CCNCC2)cc1. The Hall–Kier alpha value is -1.59. The van der Waals surface area contributed by atoms with Crippen molar-refractivity contribution in [3.8, 4) is 0 Å². The maximum Gasteiger partial charge on any atom is 0.248 e. The van der Waals surface area contributed by atoms with E-state index in [0.717, 1.165) is 32.4 Å². The van der Waals surface area contributed by atoms with Crippen molar-refractivity contribution >= 4 is 29.9 Å². The molecule has 0 atom stereocenters. The van der Waals surface area contributed by atoms with Gasteiger partial charge in [0.1, 0.15) is 0 Å². The van der Waals surface area contributed by atoms with Crippen LogP contribution in [0.15, 0.2) is 24.3 Å². The summed E-state index contributed by atoms with van der Waals surface area (Å²) in [4.78, 5) is 22.8. The molecule has 21 heavy (non-hydrogen) atoms. The molecule has 0 aromatic heterocycles. The number of rotatable bonds is 5. The van der Waals surface area contributed by atoms with Gasteiger partial charge in [-0.25, -0.2) is 0 Å². The Balaban J connectivity index is 0.00000220. The lowest BCUT2D eigenvalue weighted by atomic mass is 9.93. The van der Waals surface area contributed by atoms with Crippen molar-refractivity contribution < 1.29 is 9.59 Å². The fourth-order valence-corrected chi connectivity index (χ4v) is 2.45. The van der Waals surface area contributed by atoms with E-state index in [1.54, 1.807) is 24.3 Å². The maximum atomic E-state index is 11.9. The fraction of sp³-hybridized carbons (Fsp3) is 0.467. The smallest absolute Gasteiger partial charge is 0.248 e. The second-order valence-electron chi connectivity index (χ2n) is 5.22. The van der Waals surface area contributed by atoms with E-state index in [1.807, 2.05) is 0 Å². The highest BCUT2D eigenvalue weighted by molar-refractivity contribution is 5.94. The molecule has 1 fully saturated rings. The zero-order chi connectivity index (χ0) is 14.4. The Labute approximate surface area is 131 Å². The van der Waals surface area contributed by atoms with E-state index in [0.29, 0.717) is 23.6 Å². The molecule has 2 rings (SSSR count). The van der Waals surface area contributed by atoms with Crippen LogP contribution in [0.2, 0.25) is 0 Å². The second kappa shape index (κ2) is 8.64. The molecule has 5 nitrogen and oxygen atoms in total. The van der Waals surface area contributed by atoms with E-state index < -0.39 is 5.91 Å². The summed E-state index contributed by atoms with van der Waals surface area (Å²) in [5.74, 6) is 0.211. The van der Waals surface area contributed by atoms with Crippen LogP contribution in [0.1, 0.15) is 36.0 Å². The third kappa shape index (κ3) is 5.73. The monoisotopic (exact) mass is 311 g/mol. The number of amides is 2. The minimum absolute atomic E-state index is 0. The number of halogens is 1. The molecule has 0 aliphatic carbocycles. The van der Waals surface area contributed by atoms with E-state index in [1.165, 1.54) is 0 Å². The zero-order valence-corrected chi connectivity index (χ0v) is 12.7. The standard InChI is InChI=1S/C15H21N3O2.ClH/c16-15(20)12-2-4-13(5-3-12)18-14(19)6-1-11-7-9-17-10-8-11;/h2-5,11,17H,1,6-10H2,(H2,16,20)(H,18,19);1H. The van der Waals surface area contributed by atoms with Crippen LogP contribution in [0.3, 0.4) is 0 Å². The minimum atomic E-state index is -0.464. The van der Waals surface area contributed by atoms with E-state index >= 15 is 0 Å². The first-order valence-corrected chi connectivity index (χ1v) is 7.05. The van der Waals surface area contributed by atoms with Crippen LogP contribution in [-0.2, 0) is 4.79 Å². The number of nitrogens with one attached hydrogen (secondary N) is 2. The molecule has 1 aromatic rings. The molecule has 1 aliphatic heterocycles. The number of nitrogens with two attached hydrogens (primary N) is 1. The van der Waals surface area contributed by atoms with E-state index in [9.17, 15) is 9.59 Å². The topological polar surface area (TPSA) is 84.2 Å². The molecule has 2 amide bonds. The first-order chi connectivity index (χ1) is 9.65. The quantitative estimate of drug-likeness (QED) is 0.777. The van der Waals surface area contributed by atoms with Gasteiger partial charge in [0.05, 0.1) is 0 Å². The van der Waals surface area contributed by atoms with E-state index in [-0.39, 0.29) is 18.3 Å². The Kier molecular flexibility index (Phi) is 7.19. The molecule has 116 valence electrons. The van der Waals surface area contributed by atoms with Crippen molar-refractivity contribution in [2.45, 2.75) is 25.7 Å². The second-order valence-corrected chi connectivity index (χ2v) is 5.22. The molecule has 1 saturated heterocycles. The largest absolute Gasteiger partial charge is 0.366 e. The van der Waals surface area contributed by atoms with Gasteiger partial charge in [-0.2, -0.15) is 0 Å². The van der Waals surface area contributed by atoms with Crippen LogP contribution in [0.4, 0.5) is 5.69 Å². The Bertz CT molecular complexity index is 470. The summed E-state index contributed by atoms with van der Waals surface area (Å²) < 4.78 is 0. The third-order valence-corrected chi connectivity index (χ3v) is 3.69. The lowest BCUT2D eigenvalue weighted by Crippen LogP contribution is -2.28. The van der Waals surface area contributed by atoms with Crippen LogP contribution in [0, 0.1) is 5.92 Å². The number of carbonyl (C=O) groups is 2. The van der Waals surface area contributed by atoms with Crippen LogP contribution < -0.4 is 16.4 Å². The number of piperidine rings is 1. The molecule has 1 aliphatic rings. The summed E-state index contributed by atoms with van der Waals surface area (Å²) in [6.07, 6.45) is 3.79. The van der Waals surface area contributed by atoms with Gasteiger partial charge in [0, 0.05) is 17.7 Å². The van der Waals surface area contributed by atoms with Gasteiger partial charge >= 0.3 is 0 Å². The first kappa shape index (κ1) is 17.5. The van der Waals surface area contributed by atoms with Gasteiger partial charge in [0.2, 0.25) is 11.8 Å². The zero-order valence-electron chi connectivity index (χ0n) is 11.9. The fourth-order valence-electron chi connectivity index (χ4n) is 2.45. The summed E-state index contributed by atoms with van der Waals surface area (Å²) in [6, 6.07) is 6.63. The van der Waals surface area contributed by atoms with Crippen molar-refractivity contribution in [2.24, 2.45) is 11.7 Å². The molecule has 0 bridgehead atoms. The summed E-state index contributed by atoms with van der Waals surface area (Å²) in [7, 11) is 0. The van der Waals surface area contributed by atoms with Gasteiger partial charge in [-0.15, -0.1) is 12.4 Å². The van der Waals surface area contributed by atoms with Crippen molar-refractivity contribution in [1.82, 2.24) is 5.32 Å². The van der Waals surface area contributed by atoms with Crippen molar-refractivity contribution in [3.63, 3.8) is 0 Å². The van der Waals surface area contributed by atoms with E-state index in [2.05, 4.69) is 10.6 Å². The van der Waals surface area contributed by atoms with Gasteiger partial charge in [0.15, 0.2) is 0 Å². The highest BCUT2D eigenvalue weighted by Gasteiger charge is 2.14. The molecular weight excluding hydrogens is 290 g/mol. The van der Waals surface area contributed by atoms with Gasteiger partial charge in [-0.05, 0) is 62.5 Å². The number of primary amides is 1. The van der Waals surface area contributed by atoms with Gasteiger partial charge in [-0.3, -0.25) is 9.59 Å². The molecule has 6 heteroatoms. The van der Waals surface area contributed by atoms with Crippen molar-refractivity contribution in [1.29, 1.82) is 0 Å². The van der Waals surface area contributed by atoms with Gasteiger partial charge in [-0.1, -0.05) is 0 Å². The molecule has 0 saturated carbocycles. The summed E-state index contributed by atoms with van der Waals surface area (Å²) in [5, 5.41) is 6.16. The highest BCUT2D eigenvalue weighted by Crippen LogP contribution is 2.18. The number of hydrogen-bond acceptors (Lipinski definition) is 3. The molecule has 0 spiro atoms.